The smallest absolute Gasteiger partial charge is 0.357 e. The molecule has 12 heteroatoms. The predicted octanol–water partition coefficient (Wildman–Crippen LogP) is 0.345. The Morgan fingerprint density at radius 2 is 2.04 bits per heavy atom. The standard InChI is InChI=1S/C12H24F3N5O2S.HI/c1-3-16-11(17-5-6-18-23(2,21)22)19-10-4-7-20(8-10)9-12(13,14)15;/h10,18H,3-9H2,1-2H3,(H2,16,17,19);1H. The number of hydrogen-bond acceptors (Lipinski definition) is 4. The normalized spacial score (nSPS) is 19.9. The maximum Gasteiger partial charge on any atom is 0.401 e. The van der Waals surface area contributed by atoms with E-state index in [9.17, 15) is 21.6 Å². The van der Waals surface area contributed by atoms with Crippen LogP contribution in [0.15, 0.2) is 4.99 Å². The minimum atomic E-state index is -4.19. The van der Waals surface area contributed by atoms with Crippen LogP contribution in [-0.2, 0) is 10.0 Å². The second-order valence-corrected chi connectivity index (χ2v) is 7.24. The van der Waals surface area contributed by atoms with Crippen molar-refractivity contribution < 1.29 is 21.6 Å². The summed E-state index contributed by atoms with van der Waals surface area (Å²) in [6.45, 7) is 2.65. The van der Waals surface area contributed by atoms with Crippen LogP contribution in [0.3, 0.4) is 0 Å². The van der Waals surface area contributed by atoms with Crippen LogP contribution >= 0.6 is 24.0 Å². The molecule has 0 aromatic carbocycles. The van der Waals surface area contributed by atoms with Gasteiger partial charge in [0.1, 0.15) is 0 Å². The highest BCUT2D eigenvalue weighted by Gasteiger charge is 2.34. The number of aliphatic imine (C=N–C) groups is 1. The largest absolute Gasteiger partial charge is 0.401 e. The van der Waals surface area contributed by atoms with Crippen LogP contribution in [0.25, 0.3) is 0 Å². The third kappa shape index (κ3) is 11.3. The van der Waals surface area contributed by atoms with Gasteiger partial charge < -0.3 is 10.6 Å². The first-order valence-corrected chi connectivity index (χ1v) is 9.27. The van der Waals surface area contributed by atoms with Crippen LogP contribution in [0.1, 0.15) is 13.3 Å². The molecule has 0 bridgehead atoms. The second-order valence-electron chi connectivity index (χ2n) is 5.41. The van der Waals surface area contributed by atoms with Gasteiger partial charge in [0.2, 0.25) is 10.0 Å². The van der Waals surface area contributed by atoms with Crippen molar-refractivity contribution in [3.63, 3.8) is 0 Å². The minimum Gasteiger partial charge on any atom is -0.357 e. The molecule has 0 radical (unpaired) electrons. The molecule has 1 aliphatic heterocycles. The van der Waals surface area contributed by atoms with Crippen molar-refractivity contribution in [2.45, 2.75) is 25.6 Å². The highest BCUT2D eigenvalue weighted by molar-refractivity contribution is 14.0. The third-order valence-corrected chi connectivity index (χ3v) is 3.83. The molecule has 1 fully saturated rings. The van der Waals surface area contributed by atoms with Gasteiger partial charge in [-0.2, -0.15) is 13.2 Å². The minimum absolute atomic E-state index is 0. The SMILES string of the molecule is CCNC(=NCCNS(C)(=O)=O)NC1CCN(CC(F)(F)F)C1.I. The summed E-state index contributed by atoms with van der Waals surface area (Å²) < 4.78 is 61.3. The fraction of sp³-hybridized carbons (Fsp3) is 0.917. The van der Waals surface area contributed by atoms with Crippen LogP contribution in [0.2, 0.25) is 0 Å². The molecule has 0 spiro atoms. The summed E-state index contributed by atoms with van der Waals surface area (Å²) in [7, 11) is -3.25. The van der Waals surface area contributed by atoms with E-state index in [0.29, 0.717) is 32.0 Å². The van der Waals surface area contributed by atoms with Crippen molar-refractivity contribution >= 4 is 40.0 Å². The fourth-order valence-electron chi connectivity index (χ4n) is 2.26. The molecule has 0 aliphatic carbocycles. The molecule has 24 heavy (non-hydrogen) atoms. The highest BCUT2D eigenvalue weighted by atomic mass is 127. The molecule has 0 aromatic heterocycles. The second kappa shape index (κ2) is 10.6. The maximum atomic E-state index is 12.4. The first kappa shape index (κ1) is 23.7. The van der Waals surface area contributed by atoms with E-state index in [1.165, 1.54) is 4.90 Å². The topological polar surface area (TPSA) is 85.8 Å². The van der Waals surface area contributed by atoms with Crippen molar-refractivity contribution in [2.75, 3.05) is 45.5 Å². The van der Waals surface area contributed by atoms with Gasteiger partial charge in [-0.3, -0.25) is 9.89 Å². The average Bonchev–Trinajstić information content (AvgIpc) is 2.78. The zero-order chi connectivity index (χ0) is 17.5. The number of guanidine groups is 1. The zero-order valence-corrected chi connectivity index (χ0v) is 16.8. The molecule has 1 saturated heterocycles. The van der Waals surface area contributed by atoms with Gasteiger partial charge in [-0.15, -0.1) is 24.0 Å². The van der Waals surface area contributed by atoms with Gasteiger partial charge in [-0.25, -0.2) is 13.1 Å². The number of sulfonamides is 1. The van der Waals surface area contributed by atoms with E-state index in [-0.39, 0.29) is 43.1 Å². The van der Waals surface area contributed by atoms with Crippen molar-refractivity contribution in [2.24, 2.45) is 4.99 Å². The van der Waals surface area contributed by atoms with Crippen LogP contribution in [0, 0.1) is 0 Å². The fourth-order valence-corrected chi connectivity index (χ4v) is 2.72. The molecule has 0 aromatic rings. The third-order valence-electron chi connectivity index (χ3n) is 3.11. The van der Waals surface area contributed by atoms with E-state index in [0.717, 1.165) is 6.26 Å². The average molecular weight is 487 g/mol. The molecule has 0 amide bonds. The summed E-state index contributed by atoms with van der Waals surface area (Å²) in [5, 5.41) is 6.07. The van der Waals surface area contributed by atoms with Gasteiger partial charge >= 0.3 is 6.18 Å². The number of nitrogens with one attached hydrogen (secondary N) is 3. The number of halogens is 4. The Kier molecular flexibility index (Phi) is 10.5. The van der Waals surface area contributed by atoms with E-state index >= 15 is 0 Å². The van der Waals surface area contributed by atoms with Gasteiger partial charge in [-0.1, -0.05) is 0 Å². The molecule has 1 unspecified atom stereocenters. The maximum absolute atomic E-state index is 12.4. The van der Waals surface area contributed by atoms with Gasteiger partial charge in [-0.05, 0) is 13.3 Å². The molecule has 1 rings (SSSR count). The lowest BCUT2D eigenvalue weighted by molar-refractivity contribution is -0.143. The lowest BCUT2D eigenvalue weighted by Gasteiger charge is -2.19. The Bertz CT molecular complexity index is 501. The molecule has 7 nitrogen and oxygen atoms in total. The van der Waals surface area contributed by atoms with Crippen LogP contribution < -0.4 is 15.4 Å². The summed E-state index contributed by atoms with van der Waals surface area (Å²) in [6.07, 6.45) is -2.53. The van der Waals surface area contributed by atoms with E-state index in [1.807, 2.05) is 6.92 Å². The lowest BCUT2D eigenvalue weighted by atomic mass is 10.3. The van der Waals surface area contributed by atoms with E-state index in [4.69, 9.17) is 0 Å². The number of likely N-dealkylation sites (tertiary alicyclic amines) is 1. The first-order chi connectivity index (χ1) is 10.6. The van der Waals surface area contributed by atoms with Gasteiger partial charge in [0, 0.05) is 32.2 Å². The Labute approximate surface area is 157 Å². The first-order valence-electron chi connectivity index (χ1n) is 7.37. The summed E-state index contributed by atoms with van der Waals surface area (Å²) in [4.78, 5) is 5.56. The van der Waals surface area contributed by atoms with Crippen molar-refractivity contribution in [1.29, 1.82) is 0 Å². The zero-order valence-electron chi connectivity index (χ0n) is 13.7. The molecule has 1 aliphatic rings. The molecule has 144 valence electrons. The van der Waals surface area contributed by atoms with E-state index in [2.05, 4.69) is 20.3 Å². The van der Waals surface area contributed by atoms with Crippen LogP contribution in [0.4, 0.5) is 13.2 Å². The van der Waals surface area contributed by atoms with Gasteiger partial charge in [0.05, 0.1) is 19.3 Å². The summed E-state index contributed by atoms with van der Waals surface area (Å²) >= 11 is 0. The number of alkyl halides is 3. The lowest BCUT2D eigenvalue weighted by Crippen LogP contribution is -2.45. The highest BCUT2D eigenvalue weighted by Crippen LogP contribution is 2.19. The van der Waals surface area contributed by atoms with E-state index in [1.54, 1.807) is 0 Å². The van der Waals surface area contributed by atoms with Crippen molar-refractivity contribution in [3.05, 3.63) is 0 Å². The quantitative estimate of drug-likeness (QED) is 0.209. The van der Waals surface area contributed by atoms with E-state index < -0.39 is 22.7 Å². The molecule has 1 atom stereocenters. The summed E-state index contributed by atoms with van der Waals surface area (Å²) in [5.74, 6) is 0.474. The Morgan fingerprint density at radius 1 is 1.38 bits per heavy atom. The molecule has 1 heterocycles. The Balaban J connectivity index is 0.00000529. The Hall–Kier alpha value is -0.340. The predicted molar refractivity (Wildman–Crippen MR) is 98.3 cm³/mol. The summed E-state index contributed by atoms with van der Waals surface area (Å²) in [5.41, 5.74) is 0. The molecular weight excluding hydrogens is 462 g/mol. The van der Waals surface area contributed by atoms with Crippen LogP contribution in [0.5, 0.6) is 0 Å². The molecular formula is C12H25F3IN5O2S. The summed E-state index contributed by atoms with van der Waals surface area (Å²) in [6, 6.07) is -0.113. The van der Waals surface area contributed by atoms with Gasteiger partial charge in [0.25, 0.3) is 0 Å². The number of hydrogen-bond donors (Lipinski definition) is 3. The van der Waals surface area contributed by atoms with Gasteiger partial charge in [0.15, 0.2) is 5.96 Å². The molecule has 3 N–H and O–H groups in total. The number of rotatable bonds is 7. The Morgan fingerprint density at radius 3 is 2.58 bits per heavy atom. The van der Waals surface area contributed by atoms with Crippen molar-refractivity contribution in [3.8, 4) is 0 Å². The van der Waals surface area contributed by atoms with Crippen molar-refractivity contribution in [1.82, 2.24) is 20.3 Å². The van der Waals surface area contributed by atoms with Crippen LogP contribution in [-0.4, -0.2) is 77.0 Å². The molecule has 0 saturated carbocycles. The number of nitrogens with zero attached hydrogens (tertiary/aromatic N) is 2. The monoisotopic (exact) mass is 487 g/mol.